The Morgan fingerprint density at radius 2 is 2.00 bits per heavy atom. The molecule has 25 heavy (non-hydrogen) atoms. The summed E-state index contributed by atoms with van der Waals surface area (Å²) in [4.78, 5) is 13.9. The number of nitrogens with zero attached hydrogens (tertiary/aromatic N) is 1. The Morgan fingerprint density at radius 3 is 2.80 bits per heavy atom. The fourth-order valence-corrected chi connectivity index (χ4v) is 4.00. The molecule has 1 aliphatic rings. The van der Waals surface area contributed by atoms with Crippen molar-refractivity contribution in [3.8, 4) is 0 Å². The lowest BCUT2D eigenvalue weighted by Crippen LogP contribution is -3.11. The van der Waals surface area contributed by atoms with Crippen molar-refractivity contribution in [3.63, 3.8) is 0 Å². The van der Waals surface area contributed by atoms with E-state index < -0.39 is 0 Å². The molecule has 1 aromatic heterocycles. The van der Waals surface area contributed by atoms with Crippen molar-refractivity contribution < 1.29 is 9.69 Å². The number of nitrogens with one attached hydrogen (secondary N) is 2. The van der Waals surface area contributed by atoms with Crippen LogP contribution in [-0.4, -0.2) is 23.6 Å². The van der Waals surface area contributed by atoms with E-state index >= 15 is 0 Å². The molecule has 1 amide bonds. The second kappa shape index (κ2) is 6.73. The zero-order valence-corrected chi connectivity index (χ0v) is 14.5. The average Bonchev–Trinajstić information content (AvgIpc) is 3.23. The third kappa shape index (κ3) is 3.30. The van der Waals surface area contributed by atoms with Crippen molar-refractivity contribution in [1.29, 1.82) is 0 Å². The highest BCUT2D eigenvalue weighted by molar-refractivity contribution is 5.94. The number of likely N-dealkylation sites (tertiary alicyclic amines) is 1. The van der Waals surface area contributed by atoms with Crippen LogP contribution in [0.5, 0.6) is 0 Å². The van der Waals surface area contributed by atoms with Crippen molar-refractivity contribution in [2.45, 2.75) is 18.9 Å². The molecule has 0 aliphatic carbocycles. The molecule has 3 aromatic rings. The SMILES string of the molecule is Cn1cccc1[C@@H]1CCC[NH+]1CC(=O)Nc1ccc2ccccc2c1. The van der Waals surface area contributed by atoms with Gasteiger partial charge >= 0.3 is 0 Å². The van der Waals surface area contributed by atoms with Gasteiger partial charge in [0.1, 0.15) is 6.04 Å². The van der Waals surface area contributed by atoms with Gasteiger partial charge in [-0.25, -0.2) is 0 Å². The molecule has 2 atom stereocenters. The molecule has 0 saturated carbocycles. The summed E-state index contributed by atoms with van der Waals surface area (Å²) in [6, 6.07) is 19.0. The first-order valence-electron chi connectivity index (χ1n) is 8.95. The summed E-state index contributed by atoms with van der Waals surface area (Å²) in [6.45, 7) is 1.57. The van der Waals surface area contributed by atoms with Crippen molar-refractivity contribution in [2.75, 3.05) is 18.4 Å². The van der Waals surface area contributed by atoms with E-state index in [2.05, 4.69) is 53.5 Å². The fraction of sp³-hybridized carbons (Fsp3) is 0.286. The van der Waals surface area contributed by atoms with E-state index in [1.807, 2.05) is 24.3 Å². The standard InChI is InChI=1S/C21H23N3O/c1-23-12-4-8-19(23)20-9-5-13-24(20)15-21(25)22-18-11-10-16-6-2-3-7-17(16)14-18/h2-4,6-8,10-12,14,20H,5,9,13,15H2,1H3,(H,22,25)/p+1/t20-/m0/s1. The van der Waals surface area contributed by atoms with Crippen LogP contribution in [0.2, 0.25) is 0 Å². The summed E-state index contributed by atoms with van der Waals surface area (Å²) in [5.74, 6) is 0.0893. The Morgan fingerprint density at radius 1 is 1.16 bits per heavy atom. The zero-order valence-electron chi connectivity index (χ0n) is 14.5. The summed E-state index contributed by atoms with van der Waals surface area (Å²) in [5.41, 5.74) is 2.20. The van der Waals surface area contributed by atoms with E-state index in [-0.39, 0.29) is 5.91 Å². The molecule has 1 saturated heterocycles. The molecular weight excluding hydrogens is 310 g/mol. The molecule has 2 aromatic carbocycles. The maximum absolute atomic E-state index is 12.6. The van der Waals surface area contributed by atoms with E-state index in [0.29, 0.717) is 12.6 Å². The Labute approximate surface area is 148 Å². The zero-order chi connectivity index (χ0) is 17.2. The summed E-state index contributed by atoms with van der Waals surface area (Å²) < 4.78 is 2.18. The van der Waals surface area contributed by atoms with Gasteiger partial charge in [0.15, 0.2) is 6.54 Å². The molecule has 4 heteroatoms. The molecule has 0 radical (unpaired) electrons. The van der Waals surface area contributed by atoms with Gasteiger partial charge in [0, 0.05) is 31.8 Å². The van der Waals surface area contributed by atoms with Gasteiger partial charge in [-0.2, -0.15) is 0 Å². The van der Waals surface area contributed by atoms with Crippen molar-refractivity contribution in [1.82, 2.24) is 4.57 Å². The summed E-state index contributed by atoms with van der Waals surface area (Å²) >= 11 is 0. The van der Waals surface area contributed by atoms with E-state index in [0.717, 1.165) is 24.0 Å². The van der Waals surface area contributed by atoms with Crippen molar-refractivity contribution >= 4 is 22.4 Å². The van der Waals surface area contributed by atoms with Crippen LogP contribution in [0, 0.1) is 0 Å². The number of quaternary nitrogens is 1. The Kier molecular flexibility index (Phi) is 4.28. The van der Waals surface area contributed by atoms with Gasteiger partial charge in [-0.3, -0.25) is 4.79 Å². The van der Waals surface area contributed by atoms with Gasteiger partial charge in [-0.05, 0) is 35.0 Å². The number of carbonyl (C=O) groups is 1. The lowest BCUT2D eigenvalue weighted by Gasteiger charge is -2.21. The maximum Gasteiger partial charge on any atom is 0.279 e. The molecule has 0 bridgehead atoms. The second-order valence-electron chi connectivity index (χ2n) is 6.93. The quantitative estimate of drug-likeness (QED) is 0.756. The van der Waals surface area contributed by atoms with E-state index in [1.165, 1.54) is 22.4 Å². The molecular formula is C21H24N3O+. The third-order valence-corrected chi connectivity index (χ3v) is 5.25. The molecule has 1 fully saturated rings. The minimum Gasteiger partial charge on any atom is -0.350 e. The average molecular weight is 334 g/mol. The number of aryl methyl sites for hydroxylation is 1. The predicted octanol–water partition coefficient (Wildman–Crippen LogP) is 2.54. The molecule has 128 valence electrons. The summed E-state index contributed by atoms with van der Waals surface area (Å²) in [6.07, 6.45) is 4.41. The van der Waals surface area contributed by atoms with E-state index in [1.54, 1.807) is 0 Å². The first-order chi connectivity index (χ1) is 12.2. The normalized spacial score (nSPS) is 20.0. The molecule has 4 rings (SSSR count). The third-order valence-electron chi connectivity index (χ3n) is 5.25. The minimum atomic E-state index is 0.0893. The van der Waals surface area contributed by atoms with Crippen LogP contribution in [0.15, 0.2) is 60.8 Å². The molecule has 1 unspecified atom stereocenters. The van der Waals surface area contributed by atoms with Gasteiger partial charge in [0.2, 0.25) is 0 Å². The highest BCUT2D eigenvalue weighted by Gasteiger charge is 2.32. The fourth-order valence-electron chi connectivity index (χ4n) is 4.00. The Bertz CT molecular complexity index is 899. The molecule has 0 spiro atoms. The number of fused-ring (bicyclic) bond motifs is 1. The second-order valence-corrected chi connectivity index (χ2v) is 6.93. The number of amides is 1. The van der Waals surface area contributed by atoms with Gasteiger partial charge in [-0.1, -0.05) is 30.3 Å². The van der Waals surface area contributed by atoms with Crippen molar-refractivity contribution in [3.05, 3.63) is 66.5 Å². The van der Waals surface area contributed by atoms with E-state index in [4.69, 9.17) is 0 Å². The maximum atomic E-state index is 12.6. The highest BCUT2D eigenvalue weighted by Crippen LogP contribution is 2.20. The molecule has 1 aliphatic heterocycles. The monoisotopic (exact) mass is 334 g/mol. The first kappa shape index (κ1) is 15.9. The van der Waals surface area contributed by atoms with Crippen LogP contribution in [0.3, 0.4) is 0 Å². The van der Waals surface area contributed by atoms with Gasteiger partial charge in [0.25, 0.3) is 5.91 Å². The number of aromatic nitrogens is 1. The van der Waals surface area contributed by atoms with Gasteiger partial charge < -0.3 is 14.8 Å². The highest BCUT2D eigenvalue weighted by atomic mass is 16.2. The van der Waals surface area contributed by atoms with Gasteiger partial charge in [-0.15, -0.1) is 0 Å². The Hall–Kier alpha value is -2.59. The minimum absolute atomic E-state index is 0.0893. The number of anilines is 1. The molecule has 4 nitrogen and oxygen atoms in total. The molecule has 2 N–H and O–H groups in total. The number of hydrogen-bond donors (Lipinski definition) is 2. The van der Waals surface area contributed by atoms with Crippen LogP contribution >= 0.6 is 0 Å². The molecule has 2 heterocycles. The van der Waals surface area contributed by atoms with Crippen LogP contribution in [0.25, 0.3) is 10.8 Å². The number of carbonyl (C=O) groups excluding carboxylic acids is 1. The lowest BCUT2D eigenvalue weighted by atomic mass is 10.1. The van der Waals surface area contributed by atoms with Crippen LogP contribution in [0.4, 0.5) is 5.69 Å². The van der Waals surface area contributed by atoms with Gasteiger partial charge in [0.05, 0.1) is 12.2 Å². The Balaban J connectivity index is 1.45. The van der Waals surface area contributed by atoms with Crippen LogP contribution < -0.4 is 10.2 Å². The number of benzene rings is 2. The topological polar surface area (TPSA) is 38.5 Å². The summed E-state index contributed by atoms with van der Waals surface area (Å²) in [7, 11) is 2.08. The van der Waals surface area contributed by atoms with Crippen LogP contribution in [0.1, 0.15) is 24.6 Å². The van der Waals surface area contributed by atoms with E-state index in [9.17, 15) is 4.79 Å². The van der Waals surface area contributed by atoms with Crippen molar-refractivity contribution in [2.24, 2.45) is 7.05 Å². The number of hydrogen-bond acceptors (Lipinski definition) is 1. The van der Waals surface area contributed by atoms with Crippen LogP contribution in [-0.2, 0) is 11.8 Å². The largest absolute Gasteiger partial charge is 0.350 e. The predicted molar refractivity (Wildman–Crippen MR) is 101 cm³/mol. The smallest absolute Gasteiger partial charge is 0.279 e. The summed E-state index contributed by atoms with van der Waals surface area (Å²) in [5, 5.41) is 5.41. The number of rotatable bonds is 4. The first-order valence-corrected chi connectivity index (χ1v) is 8.95. The lowest BCUT2D eigenvalue weighted by molar-refractivity contribution is -0.910.